The SMILES string of the molecule is COc1ccc(-n2c3ccccc3sc3cc4sc5ccccc5n(-c5ccc(OC)cc5)c4cc32)cc1. The van der Waals surface area contributed by atoms with Gasteiger partial charge in [-0.05, 0) is 84.9 Å². The average molecular weight is 533 g/mol. The Morgan fingerprint density at radius 1 is 0.447 bits per heavy atom. The van der Waals surface area contributed by atoms with Crippen molar-refractivity contribution in [3.63, 3.8) is 0 Å². The van der Waals surface area contributed by atoms with Crippen LogP contribution < -0.4 is 9.47 Å². The number of rotatable bonds is 4. The number of nitrogens with zero attached hydrogens (tertiary/aromatic N) is 2. The van der Waals surface area contributed by atoms with E-state index < -0.39 is 0 Å². The fourth-order valence-corrected chi connectivity index (χ4v) is 7.26. The molecule has 0 radical (unpaired) electrons. The van der Waals surface area contributed by atoms with Crippen molar-refractivity contribution < 1.29 is 9.47 Å². The molecule has 0 aliphatic rings. The summed E-state index contributed by atoms with van der Waals surface area (Å²) in [7, 11) is 3.40. The molecular weight excluding hydrogens is 508 g/mol. The second-order valence-corrected chi connectivity index (χ2v) is 11.2. The Morgan fingerprint density at radius 2 is 0.868 bits per heavy atom. The Balaban J connectivity index is 1.63. The topological polar surface area (TPSA) is 28.3 Å². The maximum Gasteiger partial charge on any atom is 0.119 e. The lowest BCUT2D eigenvalue weighted by Gasteiger charge is -2.19. The quantitative estimate of drug-likeness (QED) is 0.211. The minimum absolute atomic E-state index is 0.845. The van der Waals surface area contributed by atoms with Crippen molar-refractivity contribution in [1.29, 1.82) is 0 Å². The molecule has 0 N–H and O–H groups in total. The largest absolute Gasteiger partial charge is 0.497 e. The van der Waals surface area contributed by atoms with Crippen LogP contribution in [0.3, 0.4) is 0 Å². The van der Waals surface area contributed by atoms with Gasteiger partial charge < -0.3 is 18.6 Å². The minimum Gasteiger partial charge on any atom is -0.497 e. The van der Waals surface area contributed by atoms with Gasteiger partial charge in [-0.25, -0.2) is 0 Å². The van der Waals surface area contributed by atoms with E-state index in [0.29, 0.717) is 0 Å². The fraction of sp³-hybridized carbons (Fsp3) is 0.0625. The summed E-state index contributed by atoms with van der Waals surface area (Å²) in [6.07, 6.45) is 0. The van der Waals surface area contributed by atoms with Crippen molar-refractivity contribution >= 4 is 63.5 Å². The van der Waals surface area contributed by atoms with Gasteiger partial charge in [-0.2, -0.15) is 0 Å². The van der Waals surface area contributed by atoms with Gasteiger partial charge in [0.15, 0.2) is 0 Å². The molecule has 38 heavy (non-hydrogen) atoms. The second kappa shape index (κ2) is 9.24. The zero-order chi connectivity index (χ0) is 25.6. The summed E-state index contributed by atoms with van der Waals surface area (Å²) in [6.45, 7) is 0. The Morgan fingerprint density at radius 3 is 1.29 bits per heavy atom. The van der Waals surface area contributed by atoms with E-state index in [1.165, 1.54) is 29.8 Å². The standard InChI is InChI=1S/C32H24N2O2S2/c1-35-23-15-11-21(12-16-23)33-25-7-3-5-9-29(25)37-31-20-32-28(19-27(31)33)34(22-13-17-24(36-2)18-14-22)26-8-4-6-10-30(26)38-32/h3-20H,1-2H3. The van der Waals surface area contributed by atoms with Crippen molar-refractivity contribution in [1.82, 2.24) is 9.13 Å². The lowest BCUT2D eigenvalue weighted by molar-refractivity contribution is 0.414. The van der Waals surface area contributed by atoms with Crippen LogP contribution in [0.4, 0.5) is 0 Å². The van der Waals surface area contributed by atoms with Gasteiger partial charge in [-0.3, -0.25) is 0 Å². The number of fused-ring (bicyclic) bond motifs is 4. The number of para-hydroxylation sites is 2. The number of hydrogen-bond donors (Lipinski definition) is 0. The van der Waals surface area contributed by atoms with Crippen LogP contribution in [0.5, 0.6) is 11.5 Å². The molecule has 6 heteroatoms. The molecule has 0 spiro atoms. The molecule has 0 aliphatic heterocycles. The normalized spacial score (nSPS) is 11.4. The van der Waals surface area contributed by atoms with E-state index in [2.05, 4.69) is 94.1 Å². The maximum atomic E-state index is 5.44. The summed E-state index contributed by atoms with van der Waals surface area (Å²) < 4.78 is 20.6. The van der Waals surface area contributed by atoms with E-state index in [4.69, 9.17) is 9.47 Å². The maximum absolute atomic E-state index is 5.44. The van der Waals surface area contributed by atoms with E-state index in [9.17, 15) is 0 Å². The number of ether oxygens (including phenoxy) is 2. The first-order valence-corrected chi connectivity index (χ1v) is 14.0. The Labute approximate surface area is 227 Å². The van der Waals surface area contributed by atoms with Crippen LogP contribution in [0.1, 0.15) is 0 Å². The van der Waals surface area contributed by atoms with Gasteiger partial charge in [-0.15, -0.1) is 22.7 Å². The van der Waals surface area contributed by atoms with E-state index >= 15 is 0 Å². The van der Waals surface area contributed by atoms with Crippen LogP contribution in [0, 0.1) is 0 Å². The smallest absolute Gasteiger partial charge is 0.119 e. The zero-order valence-corrected chi connectivity index (χ0v) is 22.6. The minimum atomic E-state index is 0.845. The highest BCUT2D eigenvalue weighted by Gasteiger charge is 2.14. The van der Waals surface area contributed by atoms with E-state index in [1.807, 2.05) is 46.9 Å². The molecule has 0 bridgehead atoms. The molecule has 5 aromatic carbocycles. The monoisotopic (exact) mass is 532 g/mol. The Kier molecular flexibility index (Phi) is 5.57. The molecule has 0 atom stereocenters. The van der Waals surface area contributed by atoms with Crippen molar-refractivity contribution in [2.75, 3.05) is 14.2 Å². The van der Waals surface area contributed by atoms with Crippen LogP contribution in [0.15, 0.2) is 109 Å². The highest BCUT2D eigenvalue weighted by atomic mass is 32.1. The summed E-state index contributed by atoms with van der Waals surface area (Å²) in [4.78, 5) is 0. The molecule has 7 rings (SSSR count). The van der Waals surface area contributed by atoms with Crippen LogP contribution in [0.25, 0.3) is 52.2 Å². The van der Waals surface area contributed by atoms with Crippen molar-refractivity contribution in [3.8, 4) is 22.9 Å². The third-order valence-corrected chi connectivity index (χ3v) is 9.06. The molecule has 0 saturated heterocycles. The molecular formula is C32H24N2O2S2. The van der Waals surface area contributed by atoms with Crippen LogP contribution in [-0.4, -0.2) is 23.4 Å². The lowest BCUT2D eigenvalue weighted by atomic mass is 10.2. The molecule has 0 aliphatic carbocycles. The second-order valence-electron chi connectivity index (χ2n) is 8.99. The number of aromatic nitrogens is 2. The number of methoxy groups -OCH3 is 2. The Bertz CT molecular complexity index is 1850. The summed E-state index contributed by atoms with van der Waals surface area (Å²) in [6, 6.07) is 38.5. The fourth-order valence-electron chi connectivity index (χ4n) is 5.02. The third-order valence-electron chi connectivity index (χ3n) is 6.84. The lowest BCUT2D eigenvalue weighted by Crippen LogP contribution is -2.02. The highest BCUT2D eigenvalue weighted by molar-refractivity contribution is 7.26. The number of benzene rings is 5. The molecule has 0 amide bonds. The first kappa shape index (κ1) is 22.9. The van der Waals surface area contributed by atoms with E-state index in [1.54, 1.807) is 14.2 Å². The van der Waals surface area contributed by atoms with Crippen molar-refractivity contribution in [2.45, 2.75) is 0 Å². The molecule has 0 saturated carbocycles. The molecule has 0 unspecified atom stereocenters. The predicted molar refractivity (Wildman–Crippen MR) is 162 cm³/mol. The van der Waals surface area contributed by atoms with Crippen molar-refractivity contribution in [2.24, 2.45) is 0 Å². The zero-order valence-electron chi connectivity index (χ0n) is 20.9. The van der Waals surface area contributed by atoms with E-state index in [-0.39, 0.29) is 0 Å². The van der Waals surface area contributed by atoms with Gasteiger partial charge in [0, 0.05) is 11.4 Å². The summed E-state index contributed by atoms with van der Waals surface area (Å²) in [5.41, 5.74) is 6.87. The molecule has 186 valence electrons. The van der Waals surface area contributed by atoms with Crippen LogP contribution in [-0.2, 0) is 0 Å². The van der Waals surface area contributed by atoms with Gasteiger partial charge in [0.1, 0.15) is 11.5 Å². The summed E-state index contributed by atoms with van der Waals surface area (Å²) in [5, 5.41) is 0. The van der Waals surface area contributed by atoms with E-state index in [0.717, 1.165) is 33.9 Å². The third kappa shape index (κ3) is 3.72. The average Bonchev–Trinajstić information content (AvgIpc) is 2.98. The van der Waals surface area contributed by atoms with Gasteiger partial charge >= 0.3 is 0 Å². The van der Waals surface area contributed by atoms with Gasteiger partial charge in [0.05, 0.1) is 55.1 Å². The molecule has 2 aromatic heterocycles. The first-order valence-electron chi connectivity index (χ1n) is 12.3. The molecule has 7 aromatic rings. The first-order chi connectivity index (χ1) is 18.7. The molecule has 2 heterocycles. The summed E-state index contributed by atoms with van der Waals surface area (Å²) in [5.74, 6) is 1.69. The molecule has 0 fully saturated rings. The van der Waals surface area contributed by atoms with Crippen LogP contribution in [0.2, 0.25) is 0 Å². The predicted octanol–water partition coefficient (Wildman–Crippen LogP) is 9.15. The highest BCUT2D eigenvalue weighted by Crippen LogP contribution is 2.38. The number of hydrogen-bond acceptors (Lipinski definition) is 4. The van der Waals surface area contributed by atoms with Crippen molar-refractivity contribution in [3.05, 3.63) is 109 Å². The molecule has 4 nitrogen and oxygen atoms in total. The Hall–Kier alpha value is -4.26. The van der Waals surface area contributed by atoms with Gasteiger partial charge in [0.2, 0.25) is 0 Å². The van der Waals surface area contributed by atoms with Crippen LogP contribution >= 0.6 is 22.7 Å². The van der Waals surface area contributed by atoms with Gasteiger partial charge in [-0.1, -0.05) is 24.3 Å². The summed E-state index contributed by atoms with van der Waals surface area (Å²) >= 11 is 3.66. The van der Waals surface area contributed by atoms with Gasteiger partial charge in [0.25, 0.3) is 0 Å².